The van der Waals surface area contributed by atoms with Gasteiger partial charge in [0.05, 0.1) is 6.42 Å². The number of hydrogen-bond acceptors (Lipinski definition) is 3. The average molecular weight is 375 g/mol. The summed E-state index contributed by atoms with van der Waals surface area (Å²) in [6.07, 6.45) is -3.33. The number of ether oxygens (including phenoxy) is 1. The molecule has 116 valence electrons. The smallest absolute Gasteiger partial charge is 0.406 e. The van der Waals surface area contributed by atoms with Gasteiger partial charge in [0.2, 0.25) is 5.91 Å². The molecule has 2 aromatic rings. The number of nitrogens with zero attached hydrogens (tertiary/aromatic N) is 1. The Kier molecular flexibility index (Phi) is 5.02. The molecule has 1 amide bonds. The lowest BCUT2D eigenvalue weighted by Gasteiger charge is -2.10. The second kappa shape index (κ2) is 6.78. The van der Waals surface area contributed by atoms with Crippen LogP contribution in [0.5, 0.6) is 5.75 Å². The number of aromatic nitrogens is 1. The number of benzene rings is 1. The van der Waals surface area contributed by atoms with Gasteiger partial charge in [-0.2, -0.15) is 0 Å². The van der Waals surface area contributed by atoms with Gasteiger partial charge in [-0.25, -0.2) is 4.98 Å². The van der Waals surface area contributed by atoms with Crippen molar-refractivity contribution in [1.82, 2.24) is 4.98 Å². The summed E-state index contributed by atoms with van der Waals surface area (Å²) in [5, 5.41) is 2.55. The molecule has 0 radical (unpaired) electrons. The summed E-state index contributed by atoms with van der Waals surface area (Å²) in [4.78, 5) is 15.8. The van der Waals surface area contributed by atoms with E-state index in [1.807, 2.05) is 0 Å². The van der Waals surface area contributed by atoms with E-state index in [9.17, 15) is 18.0 Å². The predicted molar refractivity (Wildman–Crippen MR) is 77.4 cm³/mol. The minimum atomic E-state index is -4.76. The summed E-state index contributed by atoms with van der Waals surface area (Å²) in [7, 11) is 0. The van der Waals surface area contributed by atoms with Crippen molar-refractivity contribution in [2.75, 3.05) is 5.32 Å². The lowest BCUT2D eigenvalue weighted by Crippen LogP contribution is -2.18. The Hall–Kier alpha value is -2.09. The number of carbonyl (C=O) groups is 1. The fourth-order valence-corrected chi connectivity index (χ4v) is 1.91. The molecule has 22 heavy (non-hydrogen) atoms. The molecule has 1 aromatic carbocycles. The number of anilines is 1. The highest BCUT2D eigenvalue weighted by atomic mass is 79.9. The number of pyridine rings is 1. The SMILES string of the molecule is O=C(Cc1cccc(OC(F)(F)F)c1)Nc1ccc(Br)cn1. The summed E-state index contributed by atoms with van der Waals surface area (Å²) >= 11 is 3.22. The van der Waals surface area contributed by atoms with E-state index in [0.717, 1.165) is 4.47 Å². The molecular weight excluding hydrogens is 365 g/mol. The number of nitrogens with one attached hydrogen (secondary N) is 1. The zero-order valence-electron chi connectivity index (χ0n) is 11.0. The second-order valence-electron chi connectivity index (χ2n) is 4.28. The first-order valence-corrected chi connectivity index (χ1v) is 6.87. The van der Waals surface area contributed by atoms with Gasteiger partial charge in [-0.3, -0.25) is 4.79 Å². The van der Waals surface area contributed by atoms with E-state index in [1.165, 1.54) is 30.5 Å². The zero-order valence-corrected chi connectivity index (χ0v) is 12.6. The third-order valence-electron chi connectivity index (χ3n) is 2.49. The van der Waals surface area contributed by atoms with E-state index < -0.39 is 6.36 Å². The number of rotatable bonds is 4. The molecule has 2 rings (SSSR count). The van der Waals surface area contributed by atoms with Crippen LogP contribution in [0.1, 0.15) is 5.56 Å². The monoisotopic (exact) mass is 374 g/mol. The van der Waals surface area contributed by atoms with Crippen molar-refractivity contribution in [2.45, 2.75) is 12.8 Å². The fraction of sp³-hybridized carbons (Fsp3) is 0.143. The van der Waals surface area contributed by atoms with Crippen LogP contribution in [0.15, 0.2) is 47.1 Å². The quantitative estimate of drug-likeness (QED) is 0.882. The largest absolute Gasteiger partial charge is 0.573 e. The lowest BCUT2D eigenvalue weighted by molar-refractivity contribution is -0.274. The third-order valence-corrected chi connectivity index (χ3v) is 2.96. The molecule has 1 aromatic heterocycles. The number of hydrogen-bond donors (Lipinski definition) is 1. The molecule has 4 nitrogen and oxygen atoms in total. The molecule has 0 unspecified atom stereocenters. The molecule has 0 aliphatic rings. The van der Waals surface area contributed by atoms with Crippen molar-refractivity contribution in [3.8, 4) is 5.75 Å². The molecule has 0 saturated heterocycles. The van der Waals surface area contributed by atoms with Crippen LogP contribution in [0.4, 0.5) is 19.0 Å². The standard InChI is InChI=1S/C14H10BrF3N2O2/c15-10-4-5-12(19-8-10)20-13(21)7-9-2-1-3-11(6-9)22-14(16,17)18/h1-6,8H,7H2,(H,19,20,21). The minimum absolute atomic E-state index is 0.0905. The van der Waals surface area contributed by atoms with Crippen molar-refractivity contribution in [1.29, 1.82) is 0 Å². The van der Waals surface area contributed by atoms with Gasteiger partial charge < -0.3 is 10.1 Å². The van der Waals surface area contributed by atoms with E-state index >= 15 is 0 Å². The van der Waals surface area contributed by atoms with Crippen molar-refractivity contribution in [3.05, 3.63) is 52.6 Å². The van der Waals surface area contributed by atoms with Crippen molar-refractivity contribution in [3.63, 3.8) is 0 Å². The first kappa shape index (κ1) is 16.3. The van der Waals surface area contributed by atoms with Gasteiger partial charge in [0.1, 0.15) is 11.6 Å². The van der Waals surface area contributed by atoms with Crippen molar-refractivity contribution < 1.29 is 22.7 Å². The van der Waals surface area contributed by atoms with E-state index in [4.69, 9.17) is 0 Å². The van der Waals surface area contributed by atoms with Crippen LogP contribution >= 0.6 is 15.9 Å². The van der Waals surface area contributed by atoms with Crippen LogP contribution in [0.2, 0.25) is 0 Å². The predicted octanol–water partition coefficient (Wildman–Crippen LogP) is 3.92. The normalized spacial score (nSPS) is 11.1. The molecule has 1 heterocycles. The topological polar surface area (TPSA) is 51.2 Å². The number of halogens is 4. The summed E-state index contributed by atoms with van der Waals surface area (Å²) < 4.78 is 41.0. The van der Waals surface area contributed by atoms with Crippen LogP contribution < -0.4 is 10.1 Å². The van der Waals surface area contributed by atoms with Crippen molar-refractivity contribution >= 4 is 27.7 Å². The highest BCUT2D eigenvalue weighted by Gasteiger charge is 2.31. The maximum absolute atomic E-state index is 12.1. The molecule has 0 bridgehead atoms. The second-order valence-corrected chi connectivity index (χ2v) is 5.20. The Morgan fingerprint density at radius 3 is 2.68 bits per heavy atom. The van der Waals surface area contributed by atoms with Crippen molar-refractivity contribution in [2.24, 2.45) is 0 Å². The molecule has 0 fully saturated rings. The summed E-state index contributed by atoms with van der Waals surface area (Å²) in [6, 6.07) is 8.58. The van der Waals surface area contributed by atoms with E-state index in [1.54, 1.807) is 12.1 Å². The average Bonchev–Trinajstić information content (AvgIpc) is 2.40. The van der Waals surface area contributed by atoms with E-state index in [-0.39, 0.29) is 18.1 Å². The maximum Gasteiger partial charge on any atom is 0.573 e. The molecule has 1 N–H and O–H groups in total. The van der Waals surface area contributed by atoms with Gasteiger partial charge in [0.15, 0.2) is 0 Å². The Morgan fingerprint density at radius 1 is 1.27 bits per heavy atom. The molecule has 0 atom stereocenters. The van der Waals surface area contributed by atoms with Gasteiger partial charge >= 0.3 is 6.36 Å². The van der Waals surface area contributed by atoms with Gasteiger partial charge in [-0.15, -0.1) is 13.2 Å². The Morgan fingerprint density at radius 2 is 2.05 bits per heavy atom. The number of alkyl halides is 3. The van der Waals surface area contributed by atoms with Gasteiger partial charge in [-0.05, 0) is 45.8 Å². The Bertz CT molecular complexity index is 660. The van der Waals surface area contributed by atoms with Crippen LogP contribution in [0.25, 0.3) is 0 Å². The van der Waals surface area contributed by atoms with Crippen LogP contribution in [0, 0.1) is 0 Å². The Labute approximate surface area is 132 Å². The summed E-state index contributed by atoms with van der Waals surface area (Å²) in [5.74, 6) is -0.394. The highest BCUT2D eigenvalue weighted by Crippen LogP contribution is 2.23. The van der Waals surface area contributed by atoms with Gasteiger partial charge in [0, 0.05) is 10.7 Å². The van der Waals surface area contributed by atoms with E-state index in [2.05, 4.69) is 31.0 Å². The fourth-order valence-electron chi connectivity index (χ4n) is 1.67. The minimum Gasteiger partial charge on any atom is -0.406 e. The Balaban J connectivity index is 1.99. The summed E-state index contributed by atoms with van der Waals surface area (Å²) in [6.45, 7) is 0. The van der Waals surface area contributed by atoms with Crippen LogP contribution in [-0.4, -0.2) is 17.3 Å². The highest BCUT2D eigenvalue weighted by molar-refractivity contribution is 9.10. The lowest BCUT2D eigenvalue weighted by atomic mass is 10.1. The summed E-state index contributed by atoms with van der Waals surface area (Å²) in [5.41, 5.74) is 0.399. The molecule has 0 aliphatic heterocycles. The molecular formula is C14H10BrF3N2O2. The first-order valence-electron chi connectivity index (χ1n) is 6.08. The van der Waals surface area contributed by atoms with E-state index in [0.29, 0.717) is 11.4 Å². The number of amides is 1. The first-order chi connectivity index (χ1) is 10.3. The number of carbonyl (C=O) groups excluding carboxylic acids is 1. The van der Waals surface area contributed by atoms with Crippen LogP contribution in [-0.2, 0) is 11.2 Å². The molecule has 0 saturated carbocycles. The van der Waals surface area contributed by atoms with Gasteiger partial charge in [-0.1, -0.05) is 12.1 Å². The van der Waals surface area contributed by atoms with Gasteiger partial charge in [0.25, 0.3) is 0 Å². The van der Waals surface area contributed by atoms with Crippen LogP contribution in [0.3, 0.4) is 0 Å². The third kappa shape index (κ3) is 5.36. The maximum atomic E-state index is 12.1. The zero-order chi connectivity index (χ0) is 16.2. The molecule has 8 heteroatoms. The molecule has 0 aliphatic carbocycles. The molecule has 0 spiro atoms.